The number of nitrogen functional groups attached to an aromatic ring is 1. The summed E-state index contributed by atoms with van der Waals surface area (Å²) in [5.41, 5.74) is 4.44. The van der Waals surface area contributed by atoms with Crippen LogP contribution in [0.5, 0.6) is 0 Å². The van der Waals surface area contributed by atoms with Crippen LogP contribution >= 0.6 is 0 Å². The molecule has 7 nitrogen and oxygen atoms in total. The first-order chi connectivity index (χ1) is 16.2. The summed E-state index contributed by atoms with van der Waals surface area (Å²) in [4.78, 5) is 8.06. The predicted molar refractivity (Wildman–Crippen MR) is 115 cm³/mol. The highest BCUT2D eigenvalue weighted by molar-refractivity contribution is 5.90. The Kier molecular flexibility index (Phi) is 4.46. The number of nitrogens with one attached hydrogen (secondary N) is 1. The van der Waals surface area contributed by atoms with Gasteiger partial charge in [-0.25, -0.2) is 14.4 Å². The summed E-state index contributed by atoms with van der Waals surface area (Å²) in [6.07, 6.45) is -3.34. The first kappa shape index (κ1) is 21.3. The number of pyridine rings is 2. The number of hydrogen-bond donors (Lipinski definition) is 2. The number of halogens is 4. The molecule has 34 heavy (non-hydrogen) atoms. The average molecular weight is 471 g/mol. The largest absolute Gasteiger partial charge is 0.418 e. The third-order valence-electron chi connectivity index (χ3n) is 7.19. The number of nitrogens with two attached hydrogens (primary N) is 1. The Hall–Kier alpha value is -3.26. The molecule has 0 radical (unpaired) electrons. The fourth-order valence-corrected chi connectivity index (χ4v) is 5.56. The van der Waals surface area contributed by atoms with E-state index in [0.29, 0.717) is 22.9 Å². The minimum atomic E-state index is -4.79. The summed E-state index contributed by atoms with van der Waals surface area (Å²) in [5.74, 6) is -0.122. The van der Waals surface area contributed by atoms with Gasteiger partial charge in [0.2, 0.25) is 0 Å². The topological polar surface area (TPSA) is 105 Å². The fraction of sp³-hybridized carbons (Fsp3) is 0.478. The van der Waals surface area contributed by atoms with E-state index in [9.17, 15) is 18.4 Å². The summed E-state index contributed by atoms with van der Waals surface area (Å²) in [5, 5.41) is 18.1. The van der Waals surface area contributed by atoms with E-state index in [1.807, 2.05) is 6.07 Å². The predicted octanol–water partition coefficient (Wildman–Crippen LogP) is 3.88. The lowest BCUT2D eigenvalue weighted by atomic mass is 9.99. The molecule has 6 rings (SSSR count). The molecule has 0 spiro atoms. The Labute approximate surface area is 192 Å². The molecule has 176 valence electrons. The van der Waals surface area contributed by atoms with Crippen LogP contribution in [0.3, 0.4) is 0 Å². The molecule has 3 fully saturated rings. The van der Waals surface area contributed by atoms with Crippen LogP contribution in [0.2, 0.25) is 0 Å². The molecule has 1 unspecified atom stereocenters. The van der Waals surface area contributed by atoms with Crippen LogP contribution in [0.4, 0.5) is 23.4 Å². The van der Waals surface area contributed by atoms with Crippen molar-refractivity contribution in [3.05, 3.63) is 34.5 Å². The zero-order chi connectivity index (χ0) is 23.9. The molecule has 1 aliphatic heterocycles. The van der Waals surface area contributed by atoms with Gasteiger partial charge in [0.1, 0.15) is 17.0 Å². The van der Waals surface area contributed by atoms with Gasteiger partial charge in [-0.2, -0.15) is 23.5 Å². The molecule has 2 aliphatic carbocycles. The summed E-state index contributed by atoms with van der Waals surface area (Å²) >= 11 is 0. The highest BCUT2D eigenvalue weighted by Crippen LogP contribution is 2.58. The number of nitriles is 1. The zero-order valence-electron chi connectivity index (χ0n) is 18.2. The van der Waals surface area contributed by atoms with E-state index in [2.05, 4.69) is 15.3 Å². The van der Waals surface area contributed by atoms with Gasteiger partial charge < -0.3 is 11.1 Å². The Balaban J connectivity index is 1.66. The van der Waals surface area contributed by atoms with Crippen LogP contribution in [0, 0.1) is 35.9 Å². The first-order valence-electron chi connectivity index (χ1n) is 11.2. The van der Waals surface area contributed by atoms with Gasteiger partial charge in [0.15, 0.2) is 5.82 Å². The molecule has 4 heterocycles. The molecule has 1 saturated heterocycles. The van der Waals surface area contributed by atoms with Crippen LogP contribution in [0.15, 0.2) is 6.07 Å². The van der Waals surface area contributed by atoms with Crippen molar-refractivity contribution in [1.82, 2.24) is 25.1 Å². The van der Waals surface area contributed by atoms with Gasteiger partial charge >= 0.3 is 6.18 Å². The molecule has 3 aliphatic rings. The highest BCUT2D eigenvalue weighted by Gasteiger charge is 2.56. The van der Waals surface area contributed by atoms with Gasteiger partial charge in [0.05, 0.1) is 41.2 Å². The zero-order valence-corrected chi connectivity index (χ0v) is 18.2. The molecule has 11 heteroatoms. The minimum Gasteiger partial charge on any atom is -0.384 e. The second kappa shape index (κ2) is 7.12. The van der Waals surface area contributed by atoms with Gasteiger partial charge in [-0.3, -0.25) is 4.68 Å². The summed E-state index contributed by atoms with van der Waals surface area (Å²) in [6.45, 7) is 2.88. The fourth-order valence-electron chi connectivity index (χ4n) is 5.56. The molecular formula is C23H21F4N7. The SMILES string of the molecule is Cc1nc(N)cc(-c2nc(CC#N)c3c(C4[C@H]5CNC[C@@H]45)nn(C4CC4)c3c2F)c1C(F)(F)F. The Morgan fingerprint density at radius 3 is 2.56 bits per heavy atom. The van der Waals surface area contributed by atoms with E-state index in [1.54, 1.807) is 4.68 Å². The van der Waals surface area contributed by atoms with Gasteiger partial charge in [-0.15, -0.1) is 0 Å². The Morgan fingerprint density at radius 2 is 1.94 bits per heavy atom. The van der Waals surface area contributed by atoms with Crippen LogP contribution in [-0.4, -0.2) is 32.8 Å². The lowest BCUT2D eigenvalue weighted by Gasteiger charge is -2.17. The van der Waals surface area contributed by atoms with Crippen molar-refractivity contribution in [1.29, 1.82) is 5.26 Å². The first-order valence-corrected chi connectivity index (χ1v) is 11.2. The molecule has 3 N–H and O–H groups in total. The maximum Gasteiger partial charge on any atom is 0.418 e. The Morgan fingerprint density at radius 1 is 1.24 bits per heavy atom. The van der Waals surface area contributed by atoms with Crippen LogP contribution in [-0.2, 0) is 12.6 Å². The van der Waals surface area contributed by atoms with Crippen LogP contribution < -0.4 is 11.1 Å². The normalized spacial score (nSPS) is 23.8. The number of aryl methyl sites for hydroxylation is 1. The van der Waals surface area contributed by atoms with Gasteiger partial charge in [0.25, 0.3) is 0 Å². The van der Waals surface area contributed by atoms with Crippen molar-refractivity contribution in [3.63, 3.8) is 0 Å². The van der Waals surface area contributed by atoms with E-state index in [0.717, 1.165) is 32.0 Å². The van der Waals surface area contributed by atoms with Crippen LogP contribution in [0.1, 0.15) is 47.4 Å². The molecule has 3 atom stereocenters. The number of aromatic nitrogens is 4. The number of alkyl halides is 3. The number of piperidine rings is 1. The quantitative estimate of drug-likeness (QED) is 0.560. The second-order valence-corrected chi connectivity index (χ2v) is 9.41. The number of nitrogens with zero attached hydrogens (tertiary/aromatic N) is 5. The third-order valence-corrected chi connectivity index (χ3v) is 7.19. The minimum absolute atomic E-state index is 0.0148. The van der Waals surface area contributed by atoms with E-state index in [4.69, 9.17) is 10.8 Å². The summed E-state index contributed by atoms with van der Waals surface area (Å²) in [6, 6.07) is 3.02. The van der Waals surface area contributed by atoms with Gasteiger partial charge in [0, 0.05) is 16.9 Å². The van der Waals surface area contributed by atoms with Gasteiger partial charge in [-0.1, -0.05) is 0 Å². The van der Waals surface area contributed by atoms with Crippen molar-refractivity contribution in [2.45, 2.75) is 44.3 Å². The highest BCUT2D eigenvalue weighted by atomic mass is 19.4. The van der Waals surface area contributed by atoms with Crippen molar-refractivity contribution in [2.75, 3.05) is 18.8 Å². The van der Waals surface area contributed by atoms with E-state index >= 15 is 4.39 Å². The lowest BCUT2D eigenvalue weighted by Crippen LogP contribution is -2.14. The number of hydrogen-bond acceptors (Lipinski definition) is 6. The number of anilines is 1. The van der Waals surface area contributed by atoms with Crippen molar-refractivity contribution < 1.29 is 17.6 Å². The molecule has 0 bridgehead atoms. The monoisotopic (exact) mass is 471 g/mol. The smallest absolute Gasteiger partial charge is 0.384 e. The number of rotatable bonds is 4. The van der Waals surface area contributed by atoms with Crippen molar-refractivity contribution in [3.8, 4) is 17.3 Å². The Bertz CT molecular complexity index is 1370. The third kappa shape index (κ3) is 3.08. The lowest BCUT2D eigenvalue weighted by molar-refractivity contribution is -0.137. The molecule has 2 saturated carbocycles. The van der Waals surface area contributed by atoms with Crippen LogP contribution in [0.25, 0.3) is 22.2 Å². The molecule has 3 aromatic heterocycles. The van der Waals surface area contributed by atoms with E-state index in [1.165, 1.54) is 6.92 Å². The van der Waals surface area contributed by atoms with E-state index < -0.39 is 28.8 Å². The summed E-state index contributed by atoms with van der Waals surface area (Å²) in [7, 11) is 0. The van der Waals surface area contributed by atoms with Crippen molar-refractivity contribution in [2.24, 2.45) is 11.8 Å². The molecule has 0 amide bonds. The average Bonchev–Trinajstić information content (AvgIpc) is 3.63. The number of fused-ring (bicyclic) bond motifs is 2. The second-order valence-electron chi connectivity index (χ2n) is 9.41. The van der Waals surface area contributed by atoms with Gasteiger partial charge in [-0.05, 0) is 50.8 Å². The standard InChI is InChI=1S/C23H21F4N7/c1-9-18(23(25,26)27)11(6-15(29)31-9)20-19(24)22-17(14(32-20)4-5-28)21(33-34(22)10-2-3-10)16-12-7-30-8-13(12)16/h6,10,12-13,16,30H,2-4,7-8H2,1H3,(H2,29,31)/t12-,13+,16?. The van der Waals surface area contributed by atoms with Crippen molar-refractivity contribution >= 4 is 16.7 Å². The molecule has 0 aromatic carbocycles. The molecule has 3 aromatic rings. The van der Waals surface area contributed by atoms with E-state index in [-0.39, 0.29) is 41.1 Å². The summed E-state index contributed by atoms with van der Waals surface area (Å²) < 4.78 is 59.7. The maximum atomic E-state index is 16.2. The molecular weight excluding hydrogens is 450 g/mol. The maximum absolute atomic E-state index is 16.2.